The standard InChI is InChI=1S/C24H31ClN2O2/c1-5-18(4)26-24(29)22(6-2)27(16-20-12-7-8-13-21(20)25)23(28)15-19-11-9-10-17(3)14-19/h7-14,18,22H,5-6,15-16H2,1-4H3,(H,26,29). The molecule has 156 valence electrons. The zero-order valence-electron chi connectivity index (χ0n) is 17.7. The average molecular weight is 415 g/mol. The third-order valence-electron chi connectivity index (χ3n) is 5.12. The minimum absolute atomic E-state index is 0.0607. The van der Waals surface area contributed by atoms with Crippen molar-refractivity contribution in [2.24, 2.45) is 0 Å². The summed E-state index contributed by atoms with van der Waals surface area (Å²) in [6.07, 6.45) is 1.62. The minimum Gasteiger partial charge on any atom is -0.352 e. The van der Waals surface area contributed by atoms with Gasteiger partial charge in [0.25, 0.3) is 0 Å². The lowest BCUT2D eigenvalue weighted by molar-refractivity contribution is -0.141. The Kier molecular flexibility index (Phi) is 8.71. The highest BCUT2D eigenvalue weighted by Crippen LogP contribution is 2.21. The van der Waals surface area contributed by atoms with Gasteiger partial charge in [0.15, 0.2) is 0 Å². The highest BCUT2D eigenvalue weighted by Gasteiger charge is 2.29. The number of carbonyl (C=O) groups excluding carboxylic acids is 2. The summed E-state index contributed by atoms with van der Waals surface area (Å²) >= 11 is 6.35. The molecule has 0 fully saturated rings. The van der Waals surface area contributed by atoms with Gasteiger partial charge in [0.1, 0.15) is 6.04 Å². The molecular formula is C24H31ClN2O2. The van der Waals surface area contributed by atoms with Gasteiger partial charge in [-0.05, 0) is 43.9 Å². The van der Waals surface area contributed by atoms with Crippen molar-refractivity contribution in [3.8, 4) is 0 Å². The molecule has 0 saturated heterocycles. The molecule has 5 heteroatoms. The number of nitrogens with one attached hydrogen (secondary N) is 1. The molecular weight excluding hydrogens is 384 g/mol. The van der Waals surface area contributed by atoms with Gasteiger partial charge in [0.05, 0.1) is 6.42 Å². The van der Waals surface area contributed by atoms with Crippen molar-refractivity contribution < 1.29 is 9.59 Å². The molecule has 0 heterocycles. The van der Waals surface area contributed by atoms with Crippen molar-refractivity contribution in [3.05, 3.63) is 70.2 Å². The Morgan fingerprint density at radius 3 is 2.41 bits per heavy atom. The van der Waals surface area contributed by atoms with Crippen LogP contribution in [0.4, 0.5) is 0 Å². The van der Waals surface area contributed by atoms with Crippen LogP contribution in [0.2, 0.25) is 5.02 Å². The topological polar surface area (TPSA) is 49.4 Å². The number of halogens is 1. The highest BCUT2D eigenvalue weighted by atomic mass is 35.5. The zero-order chi connectivity index (χ0) is 21.4. The van der Waals surface area contributed by atoms with Crippen molar-refractivity contribution in [2.45, 2.75) is 65.6 Å². The molecule has 0 bridgehead atoms. The first-order valence-electron chi connectivity index (χ1n) is 10.2. The van der Waals surface area contributed by atoms with Crippen LogP contribution < -0.4 is 5.32 Å². The molecule has 2 amide bonds. The summed E-state index contributed by atoms with van der Waals surface area (Å²) in [6.45, 7) is 8.23. The summed E-state index contributed by atoms with van der Waals surface area (Å²) < 4.78 is 0. The molecule has 4 nitrogen and oxygen atoms in total. The van der Waals surface area contributed by atoms with E-state index in [0.717, 1.165) is 23.1 Å². The predicted octanol–water partition coefficient (Wildman–Crippen LogP) is 4.91. The fraction of sp³-hybridized carbons (Fsp3) is 0.417. The van der Waals surface area contributed by atoms with Gasteiger partial charge in [0, 0.05) is 17.6 Å². The van der Waals surface area contributed by atoms with Crippen LogP contribution in [-0.2, 0) is 22.6 Å². The van der Waals surface area contributed by atoms with Gasteiger partial charge in [-0.15, -0.1) is 0 Å². The molecule has 0 saturated carbocycles. The second-order valence-electron chi connectivity index (χ2n) is 7.52. The number of nitrogens with zero attached hydrogens (tertiary/aromatic N) is 1. The maximum absolute atomic E-state index is 13.3. The van der Waals surface area contributed by atoms with E-state index in [1.807, 2.05) is 70.2 Å². The van der Waals surface area contributed by atoms with E-state index >= 15 is 0 Å². The Hall–Kier alpha value is -2.33. The van der Waals surface area contributed by atoms with Crippen molar-refractivity contribution in [3.63, 3.8) is 0 Å². The summed E-state index contributed by atoms with van der Waals surface area (Å²) in [6, 6.07) is 14.9. The lowest BCUT2D eigenvalue weighted by Gasteiger charge is -2.32. The van der Waals surface area contributed by atoms with Gasteiger partial charge in [0.2, 0.25) is 11.8 Å². The van der Waals surface area contributed by atoms with E-state index in [4.69, 9.17) is 11.6 Å². The molecule has 0 aromatic heterocycles. The number of carbonyl (C=O) groups is 2. The Morgan fingerprint density at radius 1 is 1.07 bits per heavy atom. The predicted molar refractivity (Wildman–Crippen MR) is 119 cm³/mol. The summed E-state index contributed by atoms with van der Waals surface area (Å²) in [7, 11) is 0. The van der Waals surface area contributed by atoms with Crippen LogP contribution in [0, 0.1) is 6.92 Å². The molecule has 0 aliphatic heterocycles. The molecule has 2 unspecified atom stereocenters. The summed E-state index contributed by atoms with van der Waals surface area (Å²) in [5.74, 6) is -0.201. The van der Waals surface area contributed by atoms with Crippen LogP contribution in [0.25, 0.3) is 0 Å². The lowest BCUT2D eigenvalue weighted by Crippen LogP contribution is -2.51. The van der Waals surface area contributed by atoms with Crippen molar-refractivity contribution in [2.75, 3.05) is 0 Å². The van der Waals surface area contributed by atoms with E-state index in [1.54, 1.807) is 11.0 Å². The van der Waals surface area contributed by atoms with Crippen LogP contribution in [0.15, 0.2) is 48.5 Å². The minimum atomic E-state index is -0.544. The van der Waals surface area contributed by atoms with Crippen LogP contribution in [0.1, 0.15) is 50.3 Å². The smallest absolute Gasteiger partial charge is 0.243 e. The van der Waals surface area contributed by atoms with Crippen LogP contribution in [-0.4, -0.2) is 28.8 Å². The molecule has 2 rings (SSSR count). The number of hydrogen-bond donors (Lipinski definition) is 1. The van der Waals surface area contributed by atoms with E-state index in [9.17, 15) is 9.59 Å². The number of hydrogen-bond acceptors (Lipinski definition) is 2. The number of aryl methyl sites for hydroxylation is 1. The van der Waals surface area contributed by atoms with E-state index in [2.05, 4.69) is 5.32 Å². The second kappa shape index (κ2) is 11.0. The Morgan fingerprint density at radius 2 is 1.79 bits per heavy atom. The van der Waals surface area contributed by atoms with Crippen LogP contribution in [0.5, 0.6) is 0 Å². The molecule has 0 aliphatic rings. The van der Waals surface area contributed by atoms with Crippen molar-refractivity contribution in [1.82, 2.24) is 10.2 Å². The fourth-order valence-corrected chi connectivity index (χ4v) is 3.46. The Bertz CT molecular complexity index is 837. The van der Waals surface area contributed by atoms with E-state index < -0.39 is 6.04 Å². The summed E-state index contributed by atoms with van der Waals surface area (Å²) in [5, 5.41) is 3.62. The molecule has 2 atom stereocenters. The number of amides is 2. The molecule has 1 N–H and O–H groups in total. The van der Waals surface area contributed by atoms with Gasteiger partial charge in [-0.3, -0.25) is 9.59 Å². The number of rotatable bonds is 9. The third kappa shape index (κ3) is 6.60. The van der Waals surface area contributed by atoms with Crippen molar-refractivity contribution in [1.29, 1.82) is 0 Å². The van der Waals surface area contributed by atoms with E-state index in [-0.39, 0.29) is 24.3 Å². The van der Waals surface area contributed by atoms with Gasteiger partial charge >= 0.3 is 0 Å². The van der Waals surface area contributed by atoms with Crippen LogP contribution in [0.3, 0.4) is 0 Å². The van der Waals surface area contributed by atoms with Crippen molar-refractivity contribution >= 4 is 23.4 Å². The first-order valence-corrected chi connectivity index (χ1v) is 10.6. The first-order chi connectivity index (χ1) is 13.8. The number of benzene rings is 2. The molecule has 0 aliphatic carbocycles. The van der Waals surface area contributed by atoms with E-state index in [1.165, 1.54) is 0 Å². The average Bonchev–Trinajstić information content (AvgIpc) is 2.69. The molecule has 2 aromatic rings. The SMILES string of the molecule is CCC(C)NC(=O)C(CC)N(Cc1ccccc1Cl)C(=O)Cc1cccc(C)c1. The normalized spacial score (nSPS) is 12.9. The monoisotopic (exact) mass is 414 g/mol. The third-order valence-corrected chi connectivity index (χ3v) is 5.49. The molecule has 0 radical (unpaired) electrons. The Labute approximate surface area is 179 Å². The molecule has 2 aromatic carbocycles. The van der Waals surface area contributed by atoms with Crippen LogP contribution >= 0.6 is 11.6 Å². The lowest BCUT2D eigenvalue weighted by atomic mass is 10.0. The zero-order valence-corrected chi connectivity index (χ0v) is 18.5. The summed E-state index contributed by atoms with van der Waals surface area (Å²) in [4.78, 5) is 27.9. The first kappa shape index (κ1) is 23.0. The quantitative estimate of drug-likeness (QED) is 0.633. The van der Waals surface area contributed by atoms with Gasteiger partial charge < -0.3 is 10.2 Å². The summed E-state index contributed by atoms with van der Waals surface area (Å²) in [5.41, 5.74) is 2.88. The second-order valence-corrected chi connectivity index (χ2v) is 7.93. The fourth-order valence-electron chi connectivity index (χ4n) is 3.27. The van der Waals surface area contributed by atoms with Gasteiger partial charge in [-0.25, -0.2) is 0 Å². The van der Waals surface area contributed by atoms with Gasteiger partial charge in [-0.1, -0.05) is 73.5 Å². The van der Waals surface area contributed by atoms with Gasteiger partial charge in [-0.2, -0.15) is 0 Å². The maximum atomic E-state index is 13.3. The largest absolute Gasteiger partial charge is 0.352 e. The highest BCUT2D eigenvalue weighted by molar-refractivity contribution is 6.31. The maximum Gasteiger partial charge on any atom is 0.243 e. The molecule has 0 spiro atoms. The Balaban J connectivity index is 2.31. The van der Waals surface area contributed by atoms with E-state index in [0.29, 0.717) is 18.0 Å². The molecule has 29 heavy (non-hydrogen) atoms.